The molecule has 0 radical (unpaired) electrons. The van der Waals surface area contributed by atoms with Crippen molar-refractivity contribution in [2.75, 3.05) is 0 Å². The first-order valence-corrected chi connectivity index (χ1v) is 9.97. The molecule has 5 aromatic rings. The molecule has 0 saturated carbocycles. The van der Waals surface area contributed by atoms with Crippen molar-refractivity contribution in [3.05, 3.63) is 107 Å². The number of hydrogen-bond acceptors (Lipinski definition) is 6. The zero-order chi connectivity index (χ0) is 21.9. The number of benzene rings is 2. The molecule has 32 heavy (non-hydrogen) atoms. The largest absolute Gasteiger partial charge is 0.494 e. The van der Waals surface area contributed by atoms with E-state index in [0.717, 1.165) is 5.69 Å². The SMILES string of the molecule is O=c1c2ccccc2c(C=NCc2cn(-c3ccccc3)nn2)c(O)n1-c1ccccn1. The Hall–Kier alpha value is -4.59. The molecule has 0 unspecified atom stereocenters. The molecular formula is C24H18N6O2. The van der Waals surface area contributed by atoms with Gasteiger partial charge in [0, 0.05) is 23.2 Å². The smallest absolute Gasteiger partial charge is 0.267 e. The van der Waals surface area contributed by atoms with E-state index in [2.05, 4.69) is 20.3 Å². The van der Waals surface area contributed by atoms with Crippen molar-refractivity contribution in [1.82, 2.24) is 24.5 Å². The molecule has 0 atom stereocenters. The van der Waals surface area contributed by atoms with Crippen molar-refractivity contribution in [3.63, 3.8) is 0 Å². The minimum Gasteiger partial charge on any atom is -0.494 e. The molecule has 0 saturated heterocycles. The van der Waals surface area contributed by atoms with Gasteiger partial charge in [0.05, 0.1) is 24.0 Å². The molecule has 8 heteroatoms. The van der Waals surface area contributed by atoms with Crippen LogP contribution in [-0.4, -0.2) is 35.9 Å². The molecule has 0 aliphatic rings. The Morgan fingerprint density at radius 2 is 1.69 bits per heavy atom. The summed E-state index contributed by atoms with van der Waals surface area (Å²) >= 11 is 0. The van der Waals surface area contributed by atoms with Crippen LogP contribution in [0, 0.1) is 0 Å². The van der Waals surface area contributed by atoms with E-state index >= 15 is 0 Å². The number of aliphatic imine (C=N–C) groups is 1. The van der Waals surface area contributed by atoms with Crippen molar-refractivity contribution >= 4 is 17.0 Å². The van der Waals surface area contributed by atoms with E-state index in [9.17, 15) is 9.90 Å². The van der Waals surface area contributed by atoms with Gasteiger partial charge in [-0.05, 0) is 30.3 Å². The van der Waals surface area contributed by atoms with Crippen LogP contribution in [0.2, 0.25) is 0 Å². The number of hydrogen-bond donors (Lipinski definition) is 1. The summed E-state index contributed by atoms with van der Waals surface area (Å²) in [6, 6.07) is 21.9. The highest BCUT2D eigenvalue weighted by Crippen LogP contribution is 2.25. The summed E-state index contributed by atoms with van der Waals surface area (Å²) in [5, 5.41) is 20.3. The summed E-state index contributed by atoms with van der Waals surface area (Å²) in [4.78, 5) is 21.7. The second-order valence-corrected chi connectivity index (χ2v) is 7.07. The monoisotopic (exact) mass is 422 g/mol. The fraction of sp³-hybridized carbons (Fsp3) is 0.0417. The number of pyridine rings is 2. The van der Waals surface area contributed by atoms with Gasteiger partial charge in [-0.25, -0.2) is 14.2 Å². The number of aromatic nitrogens is 5. The Morgan fingerprint density at radius 3 is 2.47 bits per heavy atom. The summed E-state index contributed by atoms with van der Waals surface area (Å²) in [7, 11) is 0. The summed E-state index contributed by atoms with van der Waals surface area (Å²) < 4.78 is 2.87. The van der Waals surface area contributed by atoms with Gasteiger partial charge in [0.1, 0.15) is 11.5 Å². The lowest BCUT2D eigenvalue weighted by Gasteiger charge is -2.12. The van der Waals surface area contributed by atoms with Crippen LogP contribution in [0.15, 0.2) is 95.0 Å². The second-order valence-electron chi connectivity index (χ2n) is 7.07. The minimum absolute atomic E-state index is 0.218. The molecule has 0 fully saturated rings. The standard InChI is InChI=1S/C24H18N6O2/c31-23-20-11-5-4-10-19(20)21(24(32)30(23)22-12-6-7-13-26-22)15-25-14-17-16-29(28-27-17)18-8-2-1-3-9-18/h1-13,15-16,32H,14H2. The highest BCUT2D eigenvalue weighted by molar-refractivity contribution is 6.01. The topological polar surface area (TPSA) is 98.2 Å². The first-order valence-electron chi connectivity index (χ1n) is 9.97. The average molecular weight is 422 g/mol. The van der Waals surface area contributed by atoms with Crippen molar-refractivity contribution in [3.8, 4) is 17.4 Å². The highest BCUT2D eigenvalue weighted by Gasteiger charge is 2.16. The van der Waals surface area contributed by atoms with Gasteiger partial charge < -0.3 is 5.11 Å². The van der Waals surface area contributed by atoms with Gasteiger partial charge in [-0.15, -0.1) is 5.10 Å². The third kappa shape index (κ3) is 3.54. The molecule has 156 valence electrons. The minimum atomic E-state index is -0.347. The van der Waals surface area contributed by atoms with Crippen LogP contribution in [0.4, 0.5) is 0 Å². The van der Waals surface area contributed by atoms with E-state index in [4.69, 9.17) is 0 Å². The van der Waals surface area contributed by atoms with Gasteiger partial charge >= 0.3 is 0 Å². The van der Waals surface area contributed by atoms with Crippen LogP contribution in [-0.2, 0) is 6.54 Å². The molecule has 0 amide bonds. The van der Waals surface area contributed by atoms with Crippen molar-refractivity contribution in [1.29, 1.82) is 0 Å². The van der Waals surface area contributed by atoms with Gasteiger partial charge in [-0.2, -0.15) is 0 Å². The summed E-state index contributed by atoms with van der Waals surface area (Å²) in [6.07, 6.45) is 4.93. The summed E-state index contributed by atoms with van der Waals surface area (Å²) in [6.45, 7) is 0.267. The first-order chi connectivity index (χ1) is 15.7. The van der Waals surface area contributed by atoms with Gasteiger partial charge in [0.25, 0.3) is 5.56 Å². The molecular weight excluding hydrogens is 404 g/mol. The van der Waals surface area contributed by atoms with Gasteiger partial charge in [0.15, 0.2) is 0 Å². The van der Waals surface area contributed by atoms with Crippen molar-refractivity contribution in [2.45, 2.75) is 6.54 Å². The Bertz CT molecular complexity index is 1470. The van der Waals surface area contributed by atoms with E-state index in [-0.39, 0.29) is 18.0 Å². The second kappa shape index (κ2) is 8.27. The number of nitrogens with zero attached hydrogens (tertiary/aromatic N) is 6. The lowest BCUT2D eigenvalue weighted by molar-refractivity contribution is 0.435. The predicted octanol–water partition coefficient (Wildman–Crippen LogP) is 3.29. The maximum absolute atomic E-state index is 13.0. The summed E-state index contributed by atoms with van der Waals surface area (Å²) in [5.74, 6) is 0.116. The van der Waals surface area contributed by atoms with Crippen LogP contribution in [0.1, 0.15) is 11.3 Å². The van der Waals surface area contributed by atoms with E-state index < -0.39 is 0 Å². The maximum Gasteiger partial charge on any atom is 0.267 e. The van der Waals surface area contributed by atoms with Crippen LogP contribution in [0.3, 0.4) is 0 Å². The fourth-order valence-corrected chi connectivity index (χ4v) is 3.50. The van der Waals surface area contributed by atoms with Crippen LogP contribution >= 0.6 is 0 Å². The van der Waals surface area contributed by atoms with Crippen LogP contribution in [0.5, 0.6) is 5.88 Å². The van der Waals surface area contributed by atoms with Crippen molar-refractivity contribution in [2.24, 2.45) is 4.99 Å². The molecule has 0 aliphatic carbocycles. The Morgan fingerprint density at radius 1 is 0.938 bits per heavy atom. The Labute approximate surface area is 182 Å². The number of rotatable bonds is 5. The van der Waals surface area contributed by atoms with Gasteiger partial charge in [-0.1, -0.05) is 47.7 Å². The van der Waals surface area contributed by atoms with E-state index in [1.807, 2.05) is 36.4 Å². The highest BCUT2D eigenvalue weighted by atomic mass is 16.3. The van der Waals surface area contributed by atoms with E-state index in [1.165, 1.54) is 4.57 Å². The lowest BCUT2D eigenvalue weighted by Crippen LogP contribution is -2.20. The zero-order valence-electron chi connectivity index (χ0n) is 16.9. The van der Waals surface area contributed by atoms with Crippen molar-refractivity contribution < 1.29 is 5.11 Å². The number of aromatic hydroxyl groups is 1. The molecule has 0 bridgehead atoms. The molecule has 3 aromatic heterocycles. The zero-order valence-corrected chi connectivity index (χ0v) is 16.9. The Kier molecular flexibility index (Phi) is 5.01. The molecule has 8 nitrogen and oxygen atoms in total. The molecule has 1 N–H and O–H groups in total. The third-order valence-electron chi connectivity index (χ3n) is 5.02. The summed E-state index contributed by atoms with van der Waals surface area (Å²) in [5.41, 5.74) is 1.66. The van der Waals surface area contributed by atoms with E-state index in [0.29, 0.717) is 27.8 Å². The van der Waals surface area contributed by atoms with Gasteiger partial charge in [0.2, 0.25) is 5.88 Å². The molecule has 0 aliphatic heterocycles. The maximum atomic E-state index is 13.0. The Balaban J connectivity index is 1.52. The fourth-order valence-electron chi connectivity index (χ4n) is 3.50. The average Bonchev–Trinajstić information content (AvgIpc) is 3.32. The molecule has 0 spiro atoms. The number of para-hydroxylation sites is 1. The normalized spacial score (nSPS) is 11.4. The van der Waals surface area contributed by atoms with Crippen LogP contribution < -0.4 is 5.56 Å². The lowest BCUT2D eigenvalue weighted by atomic mass is 10.1. The molecule has 2 aromatic carbocycles. The first kappa shape index (κ1) is 19.4. The van der Waals surface area contributed by atoms with Crippen LogP contribution in [0.25, 0.3) is 22.3 Å². The number of fused-ring (bicyclic) bond motifs is 1. The predicted molar refractivity (Wildman–Crippen MR) is 122 cm³/mol. The quantitative estimate of drug-likeness (QED) is 0.438. The third-order valence-corrected chi connectivity index (χ3v) is 5.02. The van der Waals surface area contributed by atoms with E-state index in [1.54, 1.807) is 59.7 Å². The molecule has 3 heterocycles. The molecule has 5 rings (SSSR count). The van der Waals surface area contributed by atoms with Gasteiger partial charge in [-0.3, -0.25) is 9.79 Å².